The van der Waals surface area contributed by atoms with E-state index in [1.165, 1.54) is 0 Å². The number of carboxylic acid groups (broad SMARTS) is 1. The quantitative estimate of drug-likeness (QED) is 0.573. The smallest absolute Gasteiger partial charge is 0.300 e. The number of aliphatic hydroxyl groups is 2. The Kier molecular flexibility index (Phi) is 7.52. The fraction of sp³-hybridized carbons (Fsp3) is 0.471. The number of aliphatic carboxylic acids is 1. The highest BCUT2D eigenvalue weighted by Crippen LogP contribution is 2.25. The number of nitrogens with one attached hydrogen (secondary N) is 1. The Balaban J connectivity index is 0.000000552. The zero-order valence-corrected chi connectivity index (χ0v) is 14.6. The van der Waals surface area contributed by atoms with Crippen LogP contribution in [0, 0.1) is 0 Å². The summed E-state index contributed by atoms with van der Waals surface area (Å²) in [5, 5.41) is 29.9. The van der Waals surface area contributed by atoms with Gasteiger partial charge in [0.25, 0.3) is 5.97 Å². The molecule has 0 amide bonds. The fourth-order valence-electron chi connectivity index (χ4n) is 2.38. The molecule has 1 fully saturated rings. The lowest BCUT2D eigenvalue weighted by molar-refractivity contribution is -0.134. The molecule has 3 rings (SSSR count). The Morgan fingerprint density at radius 3 is 2.62 bits per heavy atom. The number of fused-ring (bicyclic) bond motifs is 1. The van der Waals surface area contributed by atoms with Gasteiger partial charge in [-0.25, -0.2) is 4.98 Å². The van der Waals surface area contributed by atoms with E-state index in [-0.39, 0.29) is 13.2 Å². The van der Waals surface area contributed by atoms with Crippen LogP contribution in [0.15, 0.2) is 24.3 Å². The van der Waals surface area contributed by atoms with Crippen LogP contribution in [0.2, 0.25) is 0 Å². The van der Waals surface area contributed by atoms with Crippen LogP contribution in [0.4, 0.5) is 5.95 Å². The molecular weight excluding hydrogens is 340 g/mol. The average Bonchev–Trinajstić information content (AvgIpc) is 2.65. The zero-order chi connectivity index (χ0) is 18.9. The number of nitrogens with zero attached hydrogens (tertiary/aromatic N) is 3. The second kappa shape index (κ2) is 9.85. The molecule has 4 N–H and O–H groups in total. The van der Waals surface area contributed by atoms with Crippen molar-refractivity contribution in [3.63, 3.8) is 0 Å². The molecule has 0 spiro atoms. The van der Waals surface area contributed by atoms with E-state index in [9.17, 15) is 5.11 Å². The van der Waals surface area contributed by atoms with Gasteiger partial charge in [0, 0.05) is 33.1 Å². The van der Waals surface area contributed by atoms with Gasteiger partial charge in [-0.2, -0.15) is 4.98 Å². The van der Waals surface area contributed by atoms with E-state index in [0.29, 0.717) is 11.8 Å². The summed E-state index contributed by atoms with van der Waals surface area (Å²) in [6.07, 6.45) is -0.920. The van der Waals surface area contributed by atoms with Gasteiger partial charge in [-0.05, 0) is 12.1 Å². The van der Waals surface area contributed by atoms with E-state index in [4.69, 9.17) is 19.7 Å². The Morgan fingerprint density at radius 1 is 1.31 bits per heavy atom. The first-order valence-electron chi connectivity index (χ1n) is 8.35. The minimum Gasteiger partial charge on any atom is -0.481 e. The molecule has 0 radical (unpaired) electrons. The second-order valence-electron chi connectivity index (χ2n) is 5.75. The van der Waals surface area contributed by atoms with Gasteiger partial charge in [0.15, 0.2) is 0 Å². The summed E-state index contributed by atoms with van der Waals surface area (Å²) in [5.41, 5.74) is 0.805. The minimum absolute atomic E-state index is 0.00148. The first-order chi connectivity index (χ1) is 12.5. The Bertz CT molecular complexity index is 717. The number of piperazine rings is 1. The summed E-state index contributed by atoms with van der Waals surface area (Å²) >= 11 is 0. The molecule has 1 aromatic heterocycles. The molecular formula is C17H24N4O5. The summed E-state index contributed by atoms with van der Waals surface area (Å²) in [4.78, 5) is 20.2. The van der Waals surface area contributed by atoms with Crippen LogP contribution in [-0.4, -0.2) is 76.8 Å². The lowest BCUT2D eigenvalue weighted by Gasteiger charge is -2.27. The van der Waals surface area contributed by atoms with Crippen LogP contribution in [0.25, 0.3) is 10.9 Å². The van der Waals surface area contributed by atoms with Gasteiger partial charge in [-0.1, -0.05) is 12.1 Å². The van der Waals surface area contributed by atoms with Crippen molar-refractivity contribution >= 4 is 22.8 Å². The number of hydrogen-bond acceptors (Lipinski definition) is 8. The van der Waals surface area contributed by atoms with Crippen LogP contribution < -0.4 is 15.0 Å². The number of ether oxygens (including phenoxy) is 1. The molecule has 0 aliphatic carbocycles. The van der Waals surface area contributed by atoms with Gasteiger partial charge in [0.1, 0.15) is 12.7 Å². The third-order valence-corrected chi connectivity index (χ3v) is 3.58. The maximum Gasteiger partial charge on any atom is 0.300 e. The summed E-state index contributed by atoms with van der Waals surface area (Å²) in [7, 11) is 0. The molecule has 1 aliphatic heterocycles. The van der Waals surface area contributed by atoms with Crippen molar-refractivity contribution in [3.05, 3.63) is 24.3 Å². The standard InChI is InChI=1S/C15H20N4O3.C2H4O2/c20-9-11(21)10-22-14-12-3-1-2-4-13(12)17-15(18-14)19-7-5-16-6-8-19;1-2(3)4/h1-4,11,16,20-21H,5-10H2;1H3,(H,3,4). The maximum absolute atomic E-state index is 9.47. The number of anilines is 1. The molecule has 26 heavy (non-hydrogen) atoms. The molecule has 1 atom stereocenters. The number of rotatable bonds is 5. The third-order valence-electron chi connectivity index (χ3n) is 3.58. The normalized spacial score (nSPS) is 15.1. The van der Waals surface area contributed by atoms with Crippen molar-refractivity contribution in [2.45, 2.75) is 13.0 Å². The van der Waals surface area contributed by atoms with Crippen LogP contribution in [0.5, 0.6) is 5.88 Å². The van der Waals surface area contributed by atoms with Crippen molar-refractivity contribution in [3.8, 4) is 5.88 Å². The molecule has 0 bridgehead atoms. The van der Waals surface area contributed by atoms with E-state index in [0.717, 1.165) is 44.0 Å². The lowest BCUT2D eigenvalue weighted by atomic mass is 10.2. The number of hydrogen-bond donors (Lipinski definition) is 4. The van der Waals surface area contributed by atoms with Gasteiger partial charge in [-0.15, -0.1) is 0 Å². The molecule has 9 heteroatoms. The predicted molar refractivity (Wildman–Crippen MR) is 96.5 cm³/mol. The fourth-order valence-corrected chi connectivity index (χ4v) is 2.38. The zero-order valence-electron chi connectivity index (χ0n) is 14.6. The first kappa shape index (κ1) is 19.8. The molecule has 1 aliphatic rings. The number of aromatic nitrogens is 2. The summed E-state index contributed by atoms with van der Waals surface area (Å²) in [5.74, 6) is 0.236. The van der Waals surface area contributed by atoms with Gasteiger partial charge in [0.2, 0.25) is 11.8 Å². The highest BCUT2D eigenvalue weighted by Gasteiger charge is 2.17. The van der Waals surface area contributed by atoms with E-state index >= 15 is 0 Å². The highest BCUT2D eigenvalue weighted by atomic mass is 16.5. The lowest BCUT2D eigenvalue weighted by Crippen LogP contribution is -2.44. The number of carboxylic acids is 1. The van der Waals surface area contributed by atoms with Crippen LogP contribution >= 0.6 is 0 Å². The first-order valence-corrected chi connectivity index (χ1v) is 8.35. The van der Waals surface area contributed by atoms with Crippen molar-refractivity contribution < 1.29 is 24.9 Å². The van der Waals surface area contributed by atoms with E-state index in [1.54, 1.807) is 0 Å². The topological polar surface area (TPSA) is 128 Å². The van der Waals surface area contributed by atoms with Gasteiger partial charge in [0.05, 0.1) is 17.5 Å². The number of para-hydroxylation sites is 1. The second-order valence-corrected chi connectivity index (χ2v) is 5.75. The van der Waals surface area contributed by atoms with Gasteiger partial charge < -0.3 is 30.3 Å². The summed E-state index contributed by atoms with van der Waals surface area (Å²) in [6, 6.07) is 7.62. The SMILES string of the molecule is CC(=O)O.OCC(O)COc1nc(N2CCNCC2)nc2ccccc12. The van der Waals surface area contributed by atoms with Crippen LogP contribution in [0.1, 0.15) is 6.92 Å². The van der Waals surface area contributed by atoms with E-state index < -0.39 is 12.1 Å². The van der Waals surface area contributed by atoms with Crippen molar-refractivity contribution in [2.75, 3.05) is 44.3 Å². The van der Waals surface area contributed by atoms with Crippen molar-refractivity contribution in [1.29, 1.82) is 0 Å². The predicted octanol–water partition coefficient (Wildman–Crippen LogP) is -0.138. The minimum atomic E-state index is -0.920. The number of benzene rings is 1. The average molecular weight is 364 g/mol. The largest absolute Gasteiger partial charge is 0.481 e. The molecule has 2 heterocycles. The van der Waals surface area contributed by atoms with E-state index in [2.05, 4.69) is 20.2 Å². The summed E-state index contributed by atoms with van der Waals surface area (Å²) < 4.78 is 5.60. The molecule has 0 saturated carbocycles. The molecule has 9 nitrogen and oxygen atoms in total. The maximum atomic E-state index is 9.47. The van der Waals surface area contributed by atoms with E-state index in [1.807, 2.05) is 24.3 Å². The monoisotopic (exact) mass is 364 g/mol. The highest BCUT2D eigenvalue weighted by molar-refractivity contribution is 5.84. The number of carbonyl (C=O) groups is 1. The molecule has 142 valence electrons. The molecule has 1 unspecified atom stereocenters. The summed E-state index contributed by atoms with van der Waals surface area (Å²) in [6.45, 7) is 4.23. The van der Waals surface area contributed by atoms with Crippen LogP contribution in [0.3, 0.4) is 0 Å². The Hall–Kier alpha value is -2.49. The van der Waals surface area contributed by atoms with Gasteiger partial charge >= 0.3 is 0 Å². The Morgan fingerprint density at radius 2 is 1.96 bits per heavy atom. The van der Waals surface area contributed by atoms with Crippen LogP contribution in [-0.2, 0) is 4.79 Å². The van der Waals surface area contributed by atoms with Crippen molar-refractivity contribution in [2.24, 2.45) is 0 Å². The molecule has 2 aromatic rings. The molecule has 1 saturated heterocycles. The number of aliphatic hydroxyl groups excluding tert-OH is 2. The molecule has 1 aromatic carbocycles. The Labute approximate surface area is 151 Å². The van der Waals surface area contributed by atoms with Crippen molar-refractivity contribution in [1.82, 2.24) is 15.3 Å². The van der Waals surface area contributed by atoms with Gasteiger partial charge in [-0.3, -0.25) is 4.79 Å². The third kappa shape index (κ3) is 5.80.